The fraction of sp³-hybridized carbons (Fsp3) is 0.625. The molecule has 2 nitrogen and oxygen atoms in total. The normalized spacial score (nSPS) is 24.4. The zero-order valence-electron chi connectivity index (χ0n) is 6.66. The number of hydrogen-bond acceptors (Lipinski definition) is 2. The third-order valence-electron chi connectivity index (χ3n) is 1.43. The van der Waals surface area contributed by atoms with Gasteiger partial charge in [-0.3, -0.25) is 4.99 Å². The summed E-state index contributed by atoms with van der Waals surface area (Å²) in [6.45, 7) is 6.17. The van der Waals surface area contributed by atoms with Crippen LogP contribution in [0, 0.1) is 5.92 Å². The lowest BCUT2D eigenvalue weighted by Gasteiger charge is -2.14. The van der Waals surface area contributed by atoms with E-state index in [2.05, 4.69) is 18.8 Å². The van der Waals surface area contributed by atoms with Crippen LogP contribution in [0.15, 0.2) is 17.0 Å². The van der Waals surface area contributed by atoms with Crippen LogP contribution in [0.1, 0.15) is 20.8 Å². The number of rotatable bonds is 1. The van der Waals surface area contributed by atoms with Crippen LogP contribution in [-0.4, -0.2) is 12.3 Å². The van der Waals surface area contributed by atoms with E-state index in [4.69, 9.17) is 4.74 Å². The lowest BCUT2D eigenvalue weighted by Crippen LogP contribution is -2.11. The Morgan fingerprint density at radius 1 is 1.60 bits per heavy atom. The molecule has 1 rings (SSSR count). The molecule has 0 aromatic carbocycles. The van der Waals surface area contributed by atoms with Crippen LogP contribution in [0.5, 0.6) is 0 Å². The standard InChI is InChI=1S/C8H13NO/c1-6(2)8-5-10-7(3)4-9-8/h4-7H,1-3H3. The first-order chi connectivity index (χ1) is 4.70. The van der Waals surface area contributed by atoms with Gasteiger partial charge in [0, 0.05) is 6.21 Å². The van der Waals surface area contributed by atoms with Crippen molar-refractivity contribution < 1.29 is 4.74 Å². The Bertz CT molecular complexity index is 170. The summed E-state index contributed by atoms with van der Waals surface area (Å²) in [5.74, 6) is 0.462. The molecule has 1 aliphatic rings. The maximum Gasteiger partial charge on any atom is 0.130 e. The third kappa shape index (κ3) is 1.59. The van der Waals surface area contributed by atoms with E-state index in [0.717, 1.165) is 5.70 Å². The molecule has 10 heavy (non-hydrogen) atoms. The summed E-state index contributed by atoms with van der Waals surface area (Å²) in [6, 6.07) is 0. The number of allylic oxidation sites excluding steroid dienone is 1. The molecule has 0 amide bonds. The fourth-order valence-corrected chi connectivity index (χ4v) is 0.719. The number of nitrogens with zero attached hydrogens (tertiary/aromatic N) is 1. The van der Waals surface area contributed by atoms with Gasteiger partial charge >= 0.3 is 0 Å². The van der Waals surface area contributed by atoms with Gasteiger partial charge in [-0.25, -0.2) is 0 Å². The van der Waals surface area contributed by atoms with Gasteiger partial charge in [0.05, 0.1) is 5.70 Å². The molecule has 1 atom stereocenters. The van der Waals surface area contributed by atoms with E-state index >= 15 is 0 Å². The second-order valence-electron chi connectivity index (χ2n) is 2.82. The van der Waals surface area contributed by atoms with E-state index in [1.807, 2.05) is 13.1 Å². The van der Waals surface area contributed by atoms with Crippen LogP contribution in [0.3, 0.4) is 0 Å². The molecule has 0 N–H and O–H groups in total. The second kappa shape index (κ2) is 2.86. The summed E-state index contributed by atoms with van der Waals surface area (Å²) in [4.78, 5) is 4.22. The molecular formula is C8H13NO. The summed E-state index contributed by atoms with van der Waals surface area (Å²) >= 11 is 0. The molecule has 0 radical (unpaired) electrons. The molecule has 1 heterocycles. The van der Waals surface area contributed by atoms with Gasteiger partial charge in [-0.1, -0.05) is 13.8 Å². The van der Waals surface area contributed by atoms with Gasteiger partial charge in [-0.05, 0) is 12.8 Å². The van der Waals surface area contributed by atoms with Crippen molar-refractivity contribution in [3.05, 3.63) is 12.0 Å². The van der Waals surface area contributed by atoms with Crippen molar-refractivity contribution in [2.24, 2.45) is 10.9 Å². The van der Waals surface area contributed by atoms with Gasteiger partial charge < -0.3 is 4.74 Å². The molecule has 56 valence electrons. The minimum Gasteiger partial charge on any atom is -0.491 e. The molecule has 1 aliphatic heterocycles. The predicted octanol–water partition coefficient (Wildman–Crippen LogP) is 1.97. The Balaban J connectivity index is 2.59. The smallest absolute Gasteiger partial charge is 0.130 e. The molecule has 0 aliphatic carbocycles. The predicted molar refractivity (Wildman–Crippen MR) is 42.0 cm³/mol. The van der Waals surface area contributed by atoms with E-state index < -0.39 is 0 Å². The maximum absolute atomic E-state index is 5.24. The molecule has 0 saturated carbocycles. The van der Waals surface area contributed by atoms with Gasteiger partial charge in [0.15, 0.2) is 0 Å². The Labute approximate surface area is 61.6 Å². The van der Waals surface area contributed by atoms with Crippen LogP contribution in [-0.2, 0) is 4.74 Å². The Morgan fingerprint density at radius 3 is 2.70 bits per heavy atom. The van der Waals surface area contributed by atoms with Crippen molar-refractivity contribution in [1.82, 2.24) is 0 Å². The first-order valence-electron chi connectivity index (χ1n) is 3.60. The van der Waals surface area contributed by atoms with Crippen molar-refractivity contribution in [2.75, 3.05) is 0 Å². The van der Waals surface area contributed by atoms with Gasteiger partial charge in [0.25, 0.3) is 0 Å². The van der Waals surface area contributed by atoms with Gasteiger partial charge in [0.2, 0.25) is 0 Å². The summed E-state index contributed by atoms with van der Waals surface area (Å²) in [6.07, 6.45) is 3.72. The van der Waals surface area contributed by atoms with Gasteiger partial charge in [0.1, 0.15) is 12.4 Å². The highest BCUT2D eigenvalue weighted by Crippen LogP contribution is 2.14. The Hall–Kier alpha value is -0.790. The molecular weight excluding hydrogens is 126 g/mol. The largest absolute Gasteiger partial charge is 0.491 e. The van der Waals surface area contributed by atoms with E-state index in [0.29, 0.717) is 5.92 Å². The fourth-order valence-electron chi connectivity index (χ4n) is 0.719. The van der Waals surface area contributed by atoms with Gasteiger partial charge in [-0.2, -0.15) is 0 Å². The van der Waals surface area contributed by atoms with Crippen LogP contribution in [0.25, 0.3) is 0 Å². The molecule has 0 fully saturated rings. The molecule has 0 saturated heterocycles. The molecule has 0 spiro atoms. The van der Waals surface area contributed by atoms with Crippen LogP contribution in [0.4, 0.5) is 0 Å². The average Bonchev–Trinajstić information content (AvgIpc) is 1.88. The van der Waals surface area contributed by atoms with Crippen LogP contribution < -0.4 is 0 Å². The van der Waals surface area contributed by atoms with E-state index in [1.54, 1.807) is 6.26 Å². The summed E-state index contributed by atoms with van der Waals surface area (Å²) in [5.41, 5.74) is 1.03. The second-order valence-corrected chi connectivity index (χ2v) is 2.82. The van der Waals surface area contributed by atoms with Crippen molar-refractivity contribution in [3.8, 4) is 0 Å². The average molecular weight is 139 g/mol. The highest BCUT2D eigenvalue weighted by atomic mass is 16.5. The summed E-state index contributed by atoms with van der Waals surface area (Å²) in [5, 5.41) is 0. The van der Waals surface area contributed by atoms with Crippen molar-refractivity contribution in [1.29, 1.82) is 0 Å². The maximum atomic E-state index is 5.24. The highest BCUT2D eigenvalue weighted by molar-refractivity contribution is 5.65. The lowest BCUT2D eigenvalue weighted by atomic mass is 10.1. The first-order valence-corrected chi connectivity index (χ1v) is 3.60. The third-order valence-corrected chi connectivity index (χ3v) is 1.43. The highest BCUT2D eigenvalue weighted by Gasteiger charge is 2.07. The molecule has 1 unspecified atom stereocenters. The monoisotopic (exact) mass is 139 g/mol. The van der Waals surface area contributed by atoms with E-state index in [-0.39, 0.29) is 6.10 Å². The number of aliphatic imine (C=N–C) groups is 1. The molecule has 0 bridgehead atoms. The van der Waals surface area contributed by atoms with E-state index in [1.165, 1.54) is 0 Å². The summed E-state index contributed by atoms with van der Waals surface area (Å²) < 4.78 is 5.24. The summed E-state index contributed by atoms with van der Waals surface area (Å²) in [7, 11) is 0. The number of hydrogen-bond donors (Lipinski definition) is 0. The minimum atomic E-state index is 0.141. The molecule has 0 aromatic rings. The Kier molecular flexibility index (Phi) is 2.10. The zero-order valence-corrected chi connectivity index (χ0v) is 6.66. The quantitative estimate of drug-likeness (QED) is 0.544. The molecule has 0 aromatic heterocycles. The van der Waals surface area contributed by atoms with Crippen LogP contribution in [0.2, 0.25) is 0 Å². The molecule has 2 heteroatoms. The minimum absolute atomic E-state index is 0.141. The van der Waals surface area contributed by atoms with E-state index in [9.17, 15) is 0 Å². The van der Waals surface area contributed by atoms with Crippen molar-refractivity contribution in [3.63, 3.8) is 0 Å². The topological polar surface area (TPSA) is 21.6 Å². The number of ether oxygens (including phenoxy) is 1. The SMILES string of the molecule is CC1C=NC(C(C)C)=CO1. The van der Waals surface area contributed by atoms with Crippen molar-refractivity contribution in [2.45, 2.75) is 26.9 Å². The van der Waals surface area contributed by atoms with Gasteiger partial charge in [-0.15, -0.1) is 0 Å². The van der Waals surface area contributed by atoms with Crippen LogP contribution >= 0.6 is 0 Å². The van der Waals surface area contributed by atoms with Crippen molar-refractivity contribution >= 4 is 6.21 Å². The zero-order chi connectivity index (χ0) is 7.56. The lowest BCUT2D eigenvalue weighted by molar-refractivity contribution is 0.213. The first kappa shape index (κ1) is 7.32. The Morgan fingerprint density at radius 2 is 2.30 bits per heavy atom.